The van der Waals surface area contributed by atoms with Gasteiger partial charge in [0.1, 0.15) is 11.9 Å². The maximum absolute atomic E-state index is 5.34. The zero-order chi connectivity index (χ0) is 10.1. The Bertz CT molecular complexity index is 265. The van der Waals surface area contributed by atoms with Crippen molar-refractivity contribution >= 4 is 0 Å². The van der Waals surface area contributed by atoms with Crippen LogP contribution >= 0.6 is 0 Å². The second-order valence-corrected chi connectivity index (χ2v) is 3.88. The first-order valence-electron chi connectivity index (χ1n) is 4.93. The predicted molar refractivity (Wildman–Crippen MR) is 55.3 cm³/mol. The molecule has 0 amide bonds. The van der Waals surface area contributed by atoms with E-state index in [0.717, 1.165) is 18.9 Å². The van der Waals surface area contributed by atoms with Gasteiger partial charge in [0.05, 0.1) is 0 Å². The molecule has 14 heavy (non-hydrogen) atoms. The van der Waals surface area contributed by atoms with Crippen molar-refractivity contribution in [3.63, 3.8) is 0 Å². The SMILES string of the molecule is C=CC(C)N(C)CC1=C2NCC1ON2. The van der Waals surface area contributed by atoms with Gasteiger partial charge in [0.2, 0.25) is 0 Å². The Balaban J connectivity index is 1.98. The Morgan fingerprint density at radius 1 is 1.79 bits per heavy atom. The second-order valence-electron chi connectivity index (χ2n) is 3.88. The molecule has 2 bridgehead atoms. The van der Waals surface area contributed by atoms with Crippen molar-refractivity contribution in [2.24, 2.45) is 0 Å². The van der Waals surface area contributed by atoms with Gasteiger partial charge in [-0.05, 0) is 14.0 Å². The number of rotatable bonds is 4. The third-order valence-electron chi connectivity index (χ3n) is 2.93. The number of hydrogen-bond donors (Lipinski definition) is 2. The molecule has 0 saturated heterocycles. The summed E-state index contributed by atoms with van der Waals surface area (Å²) in [6.45, 7) is 7.75. The van der Waals surface area contributed by atoms with Gasteiger partial charge in [-0.2, -0.15) is 0 Å². The zero-order valence-corrected chi connectivity index (χ0v) is 8.71. The van der Waals surface area contributed by atoms with E-state index in [1.807, 2.05) is 6.08 Å². The summed E-state index contributed by atoms with van der Waals surface area (Å²) < 4.78 is 0. The van der Waals surface area contributed by atoms with Crippen molar-refractivity contribution in [1.82, 2.24) is 15.7 Å². The third-order valence-corrected chi connectivity index (χ3v) is 2.93. The summed E-state index contributed by atoms with van der Waals surface area (Å²) in [5.41, 5.74) is 4.21. The largest absolute Gasteiger partial charge is 0.367 e. The van der Waals surface area contributed by atoms with Gasteiger partial charge in [0.25, 0.3) is 0 Å². The first-order chi connectivity index (χ1) is 6.72. The van der Waals surface area contributed by atoms with Gasteiger partial charge in [0.15, 0.2) is 0 Å². The van der Waals surface area contributed by atoms with Crippen LogP contribution in [0.1, 0.15) is 6.92 Å². The lowest BCUT2D eigenvalue weighted by molar-refractivity contribution is 0.0180. The number of likely N-dealkylation sites (N-methyl/N-ethyl adjacent to an activating group) is 1. The summed E-state index contributed by atoms with van der Waals surface area (Å²) in [6.07, 6.45) is 2.16. The van der Waals surface area contributed by atoms with Crippen molar-refractivity contribution < 1.29 is 4.84 Å². The van der Waals surface area contributed by atoms with Crippen molar-refractivity contribution in [3.05, 3.63) is 24.0 Å². The van der Waals surface area contributed by atoms with E-state index in [0.29, 0.717) is 6.04 Å². The fourth-order valence-corrected chi connectivity index (χ4v) is 1.71. The van der Waals surface area contributed by atoms with Gasteiger partial charge >= 0.3 is 0 Å². The Hall–Kier alpha value is -1.00. The van der Waals surface area contributed by atoms with E-state index >= 15 is 0 Å². The Morgan fingerprint density at radius 3 is 3.00 bits per heavy atom. The van der Waals surface area contributed by atoms with Crippen molar-refractivity contribution in [1.29, 1.82) is 0 Å². The molecule has 2 N–H and O–H groups in total. The van der Waals surface area contributed by atoms with Gasteiger partial charge in [-0.15, -0.1) is 6.58 Å². The maximum Gasteiger partial charge on any atom is 0.129 e. The lowest BCUT2D eigenvalue weighted by atomic mass is 10.1. The molecule has 0 radical (unpaired) electrons. The molecule has 2 rings (SSSR count). The molecule has 4 nitrogen and oxygen atoms in total. The smallest absolute Gasteiger partial charge is 0.129 e. The molecule has 2 aliphatic rings. The van der Waals surface area contributed by atoms with Crippen LogP contribution in [0.5, 0.6) is 0 Å². The number of fused-ring (bicyclic) bond motifs is 1. The van der Waals surface area contributed by atoms with Crippen LogP contribution in [0.4, 0.5) is 0 Å². The van der Waals surface area contributed by atoms with Crippen molar-refractivity contribution in [3.8, 4) is 0 Å². The van der Waals surface area contributed by atoms with Gasteiger partial charge in [0, 0.05) is 24.7 Å². The number of nitrogens with zero attached hydrogens (tertiary/aromatic N) is 1. The quantitative estimate of drug-likeness (QED) is 0.629. The van der Waals surface area contributed by atoms with Crippen molar-refractivity contribution in [2.75, 3.05) is 20.1 Å². The summed E-state index contributed by atoms with van der Waals surface area (Å²) in [7, 11) is 2.09. The molecule has 78 valence electrons. The molecule has 2 heterocycles. The van der Waals surface area contributed by atoms with E-state index in [4.69, 9.17) is 4.84 Å². The molecule has 0 aromatic rings. The molecule has 0 aromatic carbocycles. The fourth-order valence-electron chi connectivity index (χ4n) is 1.71. The summed E-state index contributed by atoms with van der Waals surface area (Å²) >= 11 is 0. The minimum absolute atomic E-state index is 0.212. The highest BCUT2D eigenvalue weighted by molar-refractivity contribution is 5.26. The average Bonchev–Trinajstić information content (AvgIpc) is 2.76. The Labute approximate surface area is 84.6 Å². The van der Waals surface area contributed by atoms with E-state index in [1.165, 1.54) is 5.57 Å². The van der Waals surface area contributed by atoms with Crippen LogP contribution in [0.15, 0.2) is 24.0 Å². The molecule has 0 aromatic heterocycles. The molecular formula is C10H17N3O. The summed E-state index contributed by atoms with van der Waals surface area (Å²) in [4.78, 5) is 7.59. The van der Waals surface area contributed by atoms with E-state index in [-0.39, 0.29) is 6.10 Å². The van der Waals surface area contributed by atoms with Crippen LogP contribution in [-0.2, 0) is 4.84 Å². The molecule has 0 saturated carbocycles. The first kappa shape index (κ1) is 9.55. The van der Waals surface area contributed by atoms with Crippen LogP contribution in [-0.4, -0.2) is 37.2 Å². The molecular weight excluding hydrogens is 178 g/mol. The average molecular weight is 195 g/mol. The molecule has 0 aliphatic carbocycles. The van der Waals surface area contributed by atoms with Crippen LogP contribution in [0, 0.1) is 0 Å². The van der Waals surface area contributed by atoms with Crippen LogP contribution in [0.3, 0.4) is 0 Å². The van der Waals surface area contributed by atoms with Gasteiger partial charge < -0.3 is 5.32 Å². The molecule has 0 spiro atoms. The number of hydrogen-bond acceptors (Lipinski definition) is 4. The minimum Gasteiger partial charge on any atom is -0.367 e. The van der Waals surface area contributed by atoms with Crippen LogP contribution in [0.25, 0.3) is 0 Å². The summed E-state index contributed by atoms with van der Waals surface area (Å²) in [5.74, 6) is 1.05. The second kappa shape index (κ2) is 3.63. The molecule has 2 atom stereocenters. The lowest BCUT2D eigenvalue weighted by Gasteiger charge is -2.22. The van der Waals surface area contributed by atoms with E-state index in [9.17, 15) is 0 Å². The molecule has 0 fully saturated rings. The topological polar surface area (TPSA) is 36.5 Å². The van der Waals surface area contributed by atoms with E-state index < -0.39 is 0 Å². The van der Waals surface area contributed by atoms with Crippen LogP contribution in [0.2, 0.25) is 0 Å². The Kier molecular flexibility index (Phi) is 2.48. The molecule has 2 unspecified atom stereocenters. The zero-order valence-electron chi connectivity index (χ0n) is 8.71. The minimum atomic E-state index is 0.212. The molecule has 2 aliphatic heterocycles. The Morgan fingerprint density at radius 2 is 2.57 bits per heavy atom. The van der Waals surface area contributed by atoms with Crippen molar-refractivity contribution in [2.45, 2.75) is 19.1 Å². The normalized spacial score (nSPS) is 26.4. The van der Waals surface area contributed by atoms with Gasteiger partial charge in [-0.3, -0.25) is 15.2 Å². The fraction of sp³-hybridized carbons (Fsp3) is 0.600. The molecule has 4 heteroatoms. The first-order valence-corrected chi connectivity index (χ1v) is 4.93. The third kappa shape index (κ3) is 1.51. The van der Waals surface area contributed by atoms with Gasteiger partial charge in [-0.25, -0.2) is 0 Å². The predicted octanol–water partition coefficient (Wildman–Crippen LogP) is 0.211. The summed E-state index contributed by atoms with van der Waals surface area (Å²) in [5, 5.41) is 3.26. The van der Waals surface area contributed by atoms with Gasteiger partial charge in [-0.1, -0.05) is 6.08 Å². The monoisotopic (exact) mass is 195 g/mol. The standard InChI is InChI=1S/C10H17N3O/c1-4-7(2)13(3)6-8-9-5-11-10(8)12-14-9/h4,7,9,11-12H,1,5-6H2,2-3H3. The van der Waals surface area contributed by atoms with Crippen LogP contribution < -0.4 is 10.8 Å². The van der Waals surface area contributed by atoms with E-state index in [2.05, 4.69) is 36.2 Å². The lowest BCUT2D eigenvalue weighted by Crippen LogP contribution is -2.34. The number of hydroxylamine groups is 1. The highest BCUT2D eigenvalue weighted by Crippen LogP contribution is 2.22. The highest BCUT2D eigenvalue weighted by atomic mass is 16.7. The van der Waals surface area contributed by atoms with E-state index in [1.54, 1.807) is 0 Å². The maximum atomic E-state index is 5.34. The highest BCUT2D eigenvalue weighted by Gasteiger charge is 2.33. The number of nitrogens with one attached hydrogen (secondary N) is 2. The summed E-state index contributed by atoms with van der Waals surface area (Å²) in [6, 6.07) is 0.392.